The fourth-order valence-electron chi connectivity index (χ4n) is 5.32. The number of carbonyl (C=O) groups excluding carboxylic acids is 2. The van der Waals surface area contributed by atoms with Gasteiger partial charge in [-0.1, -0.05) is 86.5 Å². The molecule has 1 amide bonds. The van der Waals surface area contributed by atoms with Crippen LogP contribution in [0.3, 0.4) is 0 Å². The molecular formula is C38H75NO14P3-3. The van der Waals surface area contributed by atoms with Crippen molar-refractivity contribution in [2.75, 3.05) is 33.0 Å². The molecule has 0 radical (unpaired) electrons. The normalized spacial score (nSPS) is 16.5. The first-order chi connectivity index (χ1) is 25.7. The lowest BCUT2D eigenvalue weighted by Gasteiger charge is -2.34. The van der Waals surface area contributed by atoms with Gasteiger partial charge in [0.1, 0.15) is 11.9 Å². The van der Waals surface area contributed by atoms with Crippen LogP contribution in [0, 0.1) is 10.8 Å². The third-order valence-electron chi connectivity index (χ3n) is 8.21. The minimum Gasteiger partial charge on any atom is -0.756 e. The van der Waals surface area contributed by atoms with Gasteiger partial charge in [-0.2, -0.15) is 0 Å². The Bertz CT molecular complexity index is 1160. The van der Waals surface area contributed by atoms with Crippen LogP contribution in [-0.4, -0.2) is 56.4 Å². The molecule has 0 fully saturated rings. The summed E-state index contributed by atoms with van der Waals surface area (Å²) in [4.78, 5) is 61.3. The molecule has 0 spiro atoms. The smallest absolute Gasteiger partial charge is 0.268 e. The van der Waals surface area contributed by atoms with Crippen LogP contribution in [-0.2, 0) is 50.4 Å². The van der Waals surface area contributed by atoms with Crippen molar-refractivity contribution in [2.45, 2.75) is 190 Å². The third-order valence-corrected chi connectivity index (χ3v) is 11.5. The molecular weight excluding hydrogens is 787 g/mol. The highest BCUT2D eigenvalue weighted by Gasteiger charge is 2.27. The summed E-state index contributed by atoms with van der Waals surface area (Å²) in [6, 6.07) is 0. The molecule has 0 aliphatic rings. The second-order valence-corrected chi connectivity index (χ2v) is 22.0. The highest BCUT2D eigenvalue weighted by molar-refractivity contribution is 7.46. The lowest BCUT2D eigenvalue weighted by molar-refractivity contribution is -0.248. The molecule has 0 saturated heterocycles. The van der Waals surface area contributed by atoms with Gasteiger partial charge < -0.3 is 47.1 Å². The van der Waals surface area contributed by atoms with Crippen LogP contribution in [0.4, 0.5) is 0 Å². The van der Waals surface area contributed by atoms with Crippen molar-refractivity contribution in [2.24, 2.45) is 10.8 Å². The number of carbonyl (C=O) groups is 2. The Morgan fingerprint density at radius 2 is 0.946 bits per heavy atom. The average Bonchev–Trinajstić information content (AvgIpc) is 3.03. The molecule has 15 nitrogen and oxygen atoms in total. The standard InChI is InChI=1S/C38H78NO14P3/c1-36(2,3)26-18-16-24-33(40)23-15-11-10-13-21-29-48-54(42,43)50-31-34(52-56(46,47)53-38(7,8)9)32-51-55(44,45)49-30-22-14-12-20-28-39-35(41)25-17-19-27-37(4,5)6/h34H,10-32H2,1-9H3,(H,39,41)(H,42,43)(H,44,45)(H,46,47)/p-3. The van der Waals surface area contributed by atoms with E-state index < -0.39 is 48.4 Å². The van der Waals surface area contributed by atoms with Crippen LogP contribution in [0.25, 0.3) is 0 Å². The van der Waals surface area contributed by atoms with Crippen LogP contribution >= 0.6 is 23.5 Å². The molecule has 0 aliphatic heterocycles. The zero-order valence-corrected chi connectivity index (χ0v) is 38.6. The summed E-state index contributed by atoms with van der Waals surface area (Å²) in [5, 5.41) is 2.89. The number of Topliss-reactive ketones (excluding diaryl/α,β-unsaturated/α-hetero) is 1. The maximum absolute atomic E-state index is 12.5. The van der Waals surface area contributed by atoms with E-state index in [1.165, 1.54) is 20.8 Å². The van der Waals surface area contributed by atoms with E-state index in [-0.39, 0.29) is 35.7 Å². The molecule has 0 rings (SSSR count). The summed E-state index contributed by atoms with van der Waals surface area (Å²) in [6.07, 6.45) is 11.8. The molecule has 0 aromatic heterocycles. The number of nitrogens with one attached hydrogen (secondary N) is 1. The first-order valence-electron chi connectivity index (χ1n) is 20.4. The number of hydrogen-bond acceptors (Lipinski definition) is 14. The second kappa shape index (κ2) is 28.1. The predicted octanol–water partition coefficient (Wildman–Crippen LogP) is 8.46. The van der Waals surface area contributed by atoms with Gasteiger partial charge in [0.2, 0.25) is 5.91 Å². The Kier molecular flexibility index (Phi) is 27.8. The van der Waals surface area contributed by atoms with Crippen molar-refractivity contribution in [3.8, 4) is 0 Å². The number of amides is 1. The van der Waals surface area contributed by atoms with Gasteiger partial charge in [0, 0.05) is 25.8 Å². The van der Waals surface area contributed by atoms with E-state index in [1.54, 1.807) is 0 Å². The molecule has 0 aromatic carbocycles. The Labute approximate surface area is 338 Å². The molecule has 0 aliphatic carbocycles. The van der Waals surface area contributed by atoms with Crippen molar-refractivity contribution in [3.63, 3.8) is 0 Å². The average molecular weight is 863 g/mol. The SMILES string of the molecule is CC(C)(C)CCCCC(=O)CCCCCCCOP(=O)([O-])OCC(COP(=O)([O-])OCCCCCCNC(=O)CCCCC(C)(C)C)OP(=O)([O-])OC(C)(C)C. The third kappa shape index (κ3) is 37.7. The number of phosphoric acid groups is 3. The van der Waals surface area contributed by atoms with Gasteiger partial charge in [0.15, 0.2) is 0 Å². The van der Waals surface area contributed by atoms with Crippen molar-refractivity contribution in [3.05, 3.63) is 0 Å². The summed E-state index contributed by atoms with van der Waals surface area (Å²) < 4.78 is 66.5. The Balaban J connectivity index is 4.57. The minimum atomic E-state index is -5.08. The van der Waals surface area contributed by atoms with Gasteiger partial charge in [-0.05, 0) is 83.0 Å². The summed E-state index contributed by atoms with van der Waals surface area (Å²) in [5.41, 5.74) is -0.675. The lowest BCUT2D eigenvalue weighted by Crippen LogP contribution is -2.31. The zero-order chi connectivity index (χ0) is 42.9. The number of unbranched alkanes of at least 4 members (excludes halogenated alkanes) is 9. The topological polar surface area (TPSA) is 222 Å². The molecule has 4 atom stereocenters. The zero-order valence-electron chi connectivity index (χ0n) is 35.9. The van der Waals surface area contributed by atoms with E-state index in [0.29, 0.717) is 51.5 Å². The van der Waals surface area contributed by atoms with Gasteiger partial charge in [0.05, 0.1) is 32.0 Å². The highest BCUT2D eigenvalue weighted by atomic mass is 31.2. The van der Waals surface area contributed by atoms with Crippen molar-refractivity contribution >= 4 is 35.2 Å². The Morgan fingerprint density at radius 3 is 1.41 bits per heavy atom. The summed E-state index contributed by atoms with van der Waals surface area (Å²) >= 11 is 0. The monoisotopic (exact) mass is 862 g/mol. The van der Waals surface area contributed by atoms with Crippen LogP contribution in [0.2, 0.25) is 0 Å². The quantitative estimate of drug-likeness (QED) is 0.0474. The molecule has 18 heteroatoms. The molecule has 0 bridgehead atoms. The maximum atomic E-state index is 12.5. The van der Waals surface area contributed by atoms with E-state index in [2.05, 4.69) is 46.9 Å². The number of hydrogen-bond donors (Lipinski definition) is 1. The number of phosphoric ester groups is 3. The first kappa shape index (κ1) is 55.5. The van der Waals surface area contributed by atoms with Crippen LogP contribution < -0.4 is 20.0 Å². The lowest BCUT2D eigenvalue weighted by atomic mass is 9.89. The molecule has 0 saturated carbocycles. The van der Waals surface area contributed by atoms with Crippen LogP contribution in [0.15, 0.2) is 0 Å². The molecule has 334 valence electrons. The van der Waals surface area contributed by atoms with Gasteiger partial charge in [0.25, 0.3) is 23.5 Å². The molecule has 56 heavy (non-hydrogen) atoms. The van der Waals surface area contributed by atoms with E-state index >= 15 is 0 Å². The minimum absolute atomic E-state index is 0.0174. The van der Waals surface area contributed by atoms with E-state index in [1.807, 2.05) is 0 Å². The van der Waals surface area contributed by atoms with Gasteiger partial charge in [-0.3, -0.25) is 23.3 Å². The van der Waals surface area contributed by atoms with Crippen LogP contribution in [0.5, 0.6) is 0 Å². The number of rotatable bonds is 34. The van der Waals surface area contributed by atoms with E-state index in [4.69, 9.17) is 27.1 Å². The van der Waals surface area contributed by atoms with Crippen molar-refractivity contribution in [1.82, 2.24) is 5.32 Å². The number of ketones is 1. The fourth-order valence-corrected chi connectivity index (χ4v) is 8.07. The van der Waals surface area contributed by atoms with E-state index in [9.17, 15) is 38.0 Å². The largest absolute Gasteiger partial charge is 0.756 e. The van der Waals surface area contributed by atoms with Gasteiger partial charge in [-0.15, -0.1) is 0 Å². The summed E-state index contributed by atoms with van der Waals surface area (Å²) in [6.45, 7) is 15.7. The Morgan fingerprint density at radius 1 is 0.536 bits per heavy atom. The molecule has 1 N–H and O–H groups in total. The maximum Gasteiger partial charge on any atom is 0.268 e. The predicted molar refractivity (Wildman–Crippen MR) is 212 cm³/mol. The fraction of sp³-hybridized carbons (Fsp3) is 0.947. The molecule has 0 aromatic rings. The highest BCUT2D eigenvalue weighted by Crippen LogP contribution is 2.47. The van der Waals surface area contributed by atoms with Crippen molar-refractivity contribution < 1.29 is 65.1 Å². The first-order valence-corrected chi connectivity index (χ1v) is 24.8. The van der Waals surface area contributed by atoms with Crippen LogP contribution in [0.1, 0.15) is 178 Å². The van der Waals surface area contributed by atoms with Gasteiger partial charge in [-0.25, -0.2) is 0 Å². The second-order valence-electron chi connectivity index (χ2n) is 17.9. The molecule has 0 heterocycles. The van der Waals surface area contributed by atoms with Gasteiger partial charge >= 0.3 is 0 Å². The summed E-state index contributed by atoms with van der Waals surface area (Å²) in [5.74, 6) is 0.283. The van der Waals surface area contributed by atoms with E-state index in [0.717, 1.165) is 70.6 Å². The molecule has 4 unspecified atom stereocenters. The van der Waals surface area contributed by atoms with Crippen molar-refractivity contribution in [1.29, 1.82) is 0 Å². The Hall–Kier alpha value is -0.530. The summed E-state index contributed by atoms with van der Waals surface area (Å²) in [7, 11) is -14.9.